The Balaban J connectivity index is 0.976. The van der Waals surface area contributed by atoms with E-state index in [1.807, 2.05) is 46.4 Å². The van der Waals surface area contributed by atoms with Gasteiger partial charge in [-0.15, -0.1) is 11.8 Å². The van der Waals surface area contributed by atoms with Crippen molar-refractivity contribution in [3.63, 3.8) is 0 Å². The molecule has 3 saturated heterocycles. The number of nitrogens with zero attached hydrogens (tertiary/aromatic N) is 4. The number of aromatic amines is 2. The van der Waals surface area contributed by atoms with Crippen molar-refractivity contribution in [2.24, 2.45) is 0 Å². The number of amides is 2. The molecule has 1 unspecified atom stereocenters. The zero-order valence-electron chi connectivity index (χ0n) is 28.8. The fraction of sp³-hybridized carbons (Fsp3) is 0.514. The number of fused-ring (bicyclic) bond motifs is 3. The maximum atomic E-state index is 12.9. The maximum absolute atomic E-state index is 12.9. The van der Waals surface area contributed by atoms with Crippen molar-refractivity contribution in [3.8, 4) is 0 Å². The maximum Gasteiger partial charge on any atom is 0.411 e. The van der Waals surface area contributed by atoms with Gasteiger partial charge in [0.15, 0.2) is 0 Å². The average Bonchev–Trinajstić information content (AvgIpc) is 3.34. The molecule has 4 aromatic rings. The van der Waals surface area contributed by atoms with Crippen molar-refractivity contribution in [2.45, 2.75) is 107 Å². The number of allylic oxidation sites excluding steroid dienone is 2. The second-order valence-corrected chi connectivity index (χ2v) is 16.7. The lowest BCUT2D eigenvalue weighted by Gasteiger charge is -2.31. The van der Waals surface area contributed by atoms with E-state index in [9.17, 15) is 9.59 Å². The largest absolute Gasteiger partial charge is 0.444 e. The molecule has 0 radical (unpaired) electrons. The Bertz CT molecular complexity index is 1880. The molecule has 0 spiro atoms. The minimum Gasteiger partial charge on any atom is -0.444 e. The van der Waals surface area contributed by atoms with E-state index in [-0.39, 0.29) is 28.3 Å². The molecule has 10 nitrogen and oxygen atoms in total. The molecule has 0 saturated carbocycles. The highest BCUT2D eigenvalue weighted by Crippen LogP contribution is 2.66. The number of aromatic nitrogens is 4. The number of piperidine rings is 1. The SMILES string of the molecule is CC(C)(C)OC(=O)N1CCC[C@@]2(c3nc4ccc(C/C=C/Cc5ccc6nc([C@@H]7CCCN7C(=O)OC(C)(C)C)[nH]c6c5)cc4[nH]3)SC12. The number of ether oxygens (including phenoxy) is 2. The summed E-state index contributed by atoms with van der Waals surface area (Å²) in [4.78, 5) is 46.2. The summed E-state index contributed by atoms with van der Waals surface area (Å²) < 4.78 is 11.1. The van der Waals surface area contributed by atoms with Crippen LogP contribution < -0.4 is 0 Å². The quantitative estimate of drug-likeness (QED) is 0.157. The normalized spacial score (nSPS) is 22.9. The molecule has 7 rings (SSSR count). The second-order valence-electron chi connectivity index (χ2n) is 15.3. The molecule has 0 bridgehead atoms. The van der Waals surface area contributed by atoms with E-state index >= 15 is 0 Å². The third-order valence-electron chi connectivity index (χ3n) is 9.10. The first kappa shape index (κ1) is 32.6. The van der Waals surface area contributed by atoms with Crippen molar-refractivity contribution in [2.75, 3.05) is 13.1 Å². The average molecular weight is 671 g/mol. The molecule has 254 valence electrons. The number of imidazole rings is 2. The molecule has 2 N–H and O–H groups in total. The summed E-state index contributed by atoms with van der Waals surface area (Å²) >= 11 is 1.80. The molecule has 5 heterocycles. The fourth-order valence-corrected chi connectivity index (χ4v) is 8.34. The van der Waals surface area contributed by atoms with Gasteiger partial charge in [-0.3, -0.25) is 9.80 Å². The Morgan fingerprint density at radius 1 is 0.854 bits per heavy atom. The van der Waals surface area contributed by atoms with E-state index in [0.717, 1.165) is 78.8 Å². The summed E-state index contributed by atoms with van der Waals surface area (Å²) in [6.07, 6.45) is 9.25. The van der Waals surface area contributed by atoms with Gasteiger partial charge in [0.1, 0.15) is 33.0 Å². The van der Waals surface area contributed by atoms with Crippen molar-refractivity contribution in [1.82, 2.24) is 29.7 Å². The predicted molar refractivity (Wildman–Crippen MR) is 189 cm³/mol. The van der Waals surface area contributed by atoms with E-state index in [4.69, 9.17) is 19.4 Å². The van der Waals surface area contributed by atoms with Gasteiger partial charge in [0.05, 0.1) is 28.1 Å². The summed E-state index contributed by atoms with van der Waals surface area (Å²) in [5.41, 5.74) is 5.23. The van der Waals surface area contributed by atoms with Crippen LogP contribution in [0.4, 0.5) is 9.59 Å². The molecule has 2 amide bonds. The molecule has 11 heteroatoms. The summed E-state index contributed by atoms with van der Waals surface area (Å²) in [5.74, 6) is 1.77. The Morgan fingerprint density at radius 3 is 2.08 bits per heavy atom. The monoisotopic (exact) mass is 670 g/mol. The van der Waals surface area contributed by atoms with Crippen LogP contribution in [0.2, 0.25) is 0 Å². The summed E-state index contributed by atoms with van der Waals surface area (Å²) in [7, 11) is 0. The van der Waals surface area contributed by atoms with Crippen LogP contribution >= 0.6 is 11.8 Å². The first-order chi connectivity index (χ1) is 22.8. The summed E-state index contributed by atoms with van der Waals surface area (Å²) in [5, 5.41) is 0.0614. The second kappa shape index (κ2) is 12.2. The lowest BCUT2D eigenvalue weighted by atomic mass is 9.97. The van der Waals surface area contributed by atoms with Gasteiger partial charge >= 0.3 is 12.2 Å². The smallest absolute Gasteiger partial charge is 0.411 e. The highest BCUT2D eigenvalue weighted by molar-refractivity contribution is 8.08. The molecule has 3 atom stereocenters. The highest BCUT2D eigenvalue weighted by Gasteiger charge is 2.64. The standard InChI is InChI=1S/C37H46N6O4S/c1-35(2,3)46-33(44)42-19-9-13-29(42)30-38-25-16-14-23(21-27(25)39-30)11-7-8-12-24-15-17-26-28(22-24)41-31(40-26)37-18-10-20-43(32(37)48-37)34(45)47-36(4,5)6/h7-8,14-17,21-22,29,32H,9-13,18-20H2,1-6H3,(H,38,39)(H,40,41)/b8-7+/t29-,32?,37-/m0/s1. The van der Waals surface area contributed by atoms with Crippen LogP contribution in [0, 0.1) is 0 Å². The van der Waals surface area contributed by atoms with Crippen LogP contribution in [0.1, 0.15) is 96.0 Å². The minimum absolute atomic E-state index is 0.0614. The molecule has 2 aromatic heterocycles. The molecule has 3 fully saturated rings. The van der Waals surface area contributed by atoms with Gasteiger partial charge in [-0.05, 0) is 115 Å². The van der Waals surface area contributed by atoms with Crippen LogP contribution in [0.25, 0.3) is 22.1 Å². The van der Waals surface area contributed by atoms with E-state index in [2.05, 4.69) is 58.5 Å². The van der Waals surface area contributed by atoms with E-state index in [0.29, 0.717) is 6.54 Å². The number of nitrogens with one attached hydrogen (secondary N) is 2. The van der Waals surface area contributed by atoms with Gasteiger partial charge in [-0.1, -0.05) is 24.3 Å². The predicted octanol–water partition coefficient (Wildman–Crippen LogP) is 8.15. The fourth-order valence-electron chi connectivity index (χ4n) is 6.87. The molecular formula is C37H46N6O4S. The zero-order chi connectivity index (χ0) is 33.8. The van der Waals surface area contributed by atoms with Crippen molar-refractivity contribution in [3.05, 3.63) is 71.3 Å². The van der Waals surface area contributed by atoms with E-state index in [1.165, 1.54) is 11.1 Å². The van der Waals surface area contributed by atoms with Crippen molar-refractivity contribution < 1.29 is 19.1 Å². The number of benzene rings is 2. The summed E-state index contributed by atoms with van der Waals surface area (Å²) in [6, 6.07) is 12.6. The van der Waals surface area contributed by atoms with Crippen molar-refractivity contribution in [1.29, 1.82) is 0 Å². The van der Waals surface area contributed by atoms with Crippen LogP contribution in [0.3, 0.4) is 0 Å². The first-order valence-electron chi connectivity index (χ1n) is 17.1. The number of thioether (sulfide) groups is 1. The molecule has 0 aliphatic carbocycles. The van der Waals surface area contributed by atoms with Crippen LogP contribution in [-0.4, -0.2) is 71.6 Å². The van der Waals surface area contributed by atoms with E-state index < -0.39 is 11.2 Å². The number of hydrogen-bond donors (Lipinski definition) is 2. The first-order valence-corrected chi connectivity index (χ1v) is 18.0. The van der Waals surface area contributed by atoms with Gasteiger partial charge in [0.25, 0.3) is 0 Å². The number of rotatable bonds is 6. The molecule has 3 aliphatic heterocycles. The number of carbonyl (C=O) groups is 2. The Kier molecular flexibility index (Phi) is 8.25. The number of carbonyl (C=O) groups excluding carboxylic acids is 2. The number of likely N-dealkylation sites (tertiary alicyclic amines) is 2. The zero-order valence-corrected chi connectivity index (χ0v) is 29.6. The van der Waals surface area contributed by atoms with E-state index in [1.54, 1.807) is 16.7 Å². The third kappa shape index (κ3) is 6.66. The molecular weight excluding hydrogens is 625 g/mol. The van der Waals surface area contributed by atoms with Crippen LogP contribution in [-0.2, 0) is 27.1 Å². The van der Waals surface area contributed by atoms with Crippen LogP contribution in [0.5, 0.6) is 0 Å². The lowest BCUT2D eigenvalue weighted by molar-refractivity contribution is 0.0185. The molecule has 3 aliphatic rings. The van der Waals surface area contributed by atoms with Crippen LogP contribution in [0.15, 0.2) is 48.6 Å². The highest BCUT2D eigenvalue weighted by atomic mass is 32.2. The van der Waals surface area contributed by atoms with Gasteiger partial charge in [-0.2, -0.15) is 0 Å². The number of hydrogen-bond acceptors (Lipinski definition) is 7. The topological polar surface area (TPSA) is 116 Å². The van der Waals surface area contributed by atoms with Gasteiger partial charge < -0.3 is 19.4 Å². The van der Waals surface area contributed by atoms with Gasteiger partial charge in [-0.25, -0.2) is 19.6 Å². The Morgan fingerprint density at radius 2 is 1.44 bits per heavy atom. The Hall–Kier alpha value is -3.99. The molecule has 2 aromatic carbocycles. The number of H-pyrrole nitrogens is 2. The lowest BCUT2D eigenvalue weighted by Crippen LogP contribution is -2.44. The van der Waals surface area contributed by atoms with Crippen molar-refractivity contribution >= 4 is 46.0 Å². The van der Waals surface area contributed by atoms with Gasteiger partial charge in [0.2, 0.25) is 0 Å². The third-order valence-corrected chi connectivity index (χ3v) is 10.8. The molecule has 48 heavy (non-hydrogen) atoms. The summed E-state index contributed by atoms with van der Waals surface area (Å²) in [6.45, 7) is 12.8. The van der Waals surface area contributed by atoms with Gasteiger partial charge in [0, 0.05) is 13.1 Å². The Labute approximate surface area is 286 Å². The minimum atomic E-state index is -0.529.